The molecule has 0 bridgehead atoms. The molecule has 0 radical (unpaired) electrons. The summed E-state index contributed by atoms with van der Waals surface area (Å²) in [7, 11) is 1.61. The second-order valence-electron chi connectivity index (χ2n) is 6.24. The normalized spacial score (nSPS) is 10.6. The molecule has 0 aliphatic rings. The van der Waals surface area contributed by atoms with Crippen molar-refractivity contribution < 1.29 is 9.47 Å². The van der Waals surface area contributed by atoms with Crippen LogP contribution >= 0.6 is 11.6 Å². The quantitative estimate of drug-likeness (QED) is 0.630. The number of nitrogens with zero attached hydrogens (tertiary/aromatic N) is 2. The van der Waals surface area contributed by atoms with Crippen molar-refractivity contribution in [2.24, 2.45) is 0 Å². The lowest BCUT2D eigenvalue weighted by atomic mass is 10.1. The molecule has 3 rings (SSSR count). The minimum absolute atomic E-state index is 0.264. The molecule has 6 nitrogen and oxygen atoms in total. The first-order valence-corrected chi connectivity index (χ1v) is 8.73. The maximum Gasteiger partial charge on any atom is 0.248 e. The van der Waals surface area contributed by atoms with Crippen LogP contribution in [0.3, 0.4) is 0 Å². The standard InChI is InChI=1S/C20H21ClN4O2/c1-11-5-6-16(26-4)15(7-11)25-19-18(22)20(24-10-23-19)27-14-8-12(2)17(21)13(3)9-14/h5-10H,22H2,1-4H3,(H,23,24,25). The molecule has 140 valence electrons. The highest BCUT2D eigenvalue weighted by atomic mass is 35.5. The SMILES string of the molecule is COc1ccc(C)cc1Nc1ncnc(Oc2cc(C)c(Cl)c(C)c2)c1N. The van der Waals surface area contributed by atoms with E-state index in [4.69, 9.17) is 26.8 Å². The zero-order chi connectivity index (χ0) is 19.6. The highest BCUT2D eigenvalue weighted by Crippen LogP contribution is 2.35. The van der Waals surface area contributed by atoms with Gasteiger partial charge in [0, 0.05) is 5.02 Å². The topological polar surface area (TPSA) is 82.3 Å². The van der Waals surface area contributed by atoms with Crippen molar-refractivity contribution in [3.05, 3.63) is 58.4 Å². The molecular formula is C20H21ClN4O2. The summed E-state index contributed by atoms with van der Waals surface area (Å²) < 4.78 is 11.3. The van der Waals surface area contributed by atoms with Crippen LogP contribution in [0.4, 0.5) is 17.2 Å². The predicted molar refractivity (Wildman–Crippen MR) is 108 cm³/mol. The molecule has 0 unspecified atom stereocenters. The van der Waals surface area contributed by atoms with Crippen LogP contribution in [-0.2, 0) is 0 Å². The molecule has 0 atom stereocenters. The van der Waals surface area contributed by atoms with Gasteiger partial charge in [0.1, 0.15) is 23.5 Å². The van der Waals surface area contributed by atoms with Crippen molar-refractivity contribution in [1.82, 2.24) is 9.97 Å². The van der Waals surface area contributed by atoms with E-state index < -0.39 is 0 Å². The summed E-state index contributed by atoms with van der Waals surface area (Å²) in [5, 5.41) is 3.90. The summed E-state index contributed by atoms with van der Waals surface area (Å²) in [5.74, 6) is 2.00. The van der Waals surface area contributed by atoms with Gasteiger partial charge in [0.15, 0.2) is 5.82 Å². The minimum Gasteiger partial charge on any atom is -0.495 e. The average Bonchev–Trinajstić information content (AvgIpc) is 2.63. The van der Waals surface area contributed by atoms with Crippen molar-refractivity contribution in [3.8, 4) is 17.4 Å². The van der Waals surface area contributed by atoms with Crippen LogP contribution in [0.5, 0.6) is 17.4 Å². The van der Waals surface area contributed by atoms with Crippen molar-refractivity contribution in [1.29, 1.82) is 0 Å². The van der Waals surface area contributed by atoms with Gasteiger partial charge in [-0.05, 0) is 61.7 Å². The summed E-state index contributed by atoms with van der Waals surface area (Å²) in [6.45, 7) is 5.83. The number of benzene rings is 2. The maximum atomic E-state index is 6.24. The minimum atomic E-state index is 0.264. The summed E-state index contributed by atoms with van der Waals surface area (Å²) in [4.78, 5) is 8.38. The first kappa shape index (κ1) is 18.8. The van der Waals surface area contributed by atoms with Crippen LogP contribution in [0.15, 0.2) is 36.7 Å². The van der Waals surface area contributed by atoms with Gasteiger partial charge in [-0.3, -0.25) is 0 Å². The molecule has 0 aliphatic carbocycles. The van der Waals surface area contributed by atoms with E-state index in [0.29, 0.717) is 28.0 Å². The molecule has 3 N–H and O–H groups in total. The number of anilines is 3. The number of aromatic nitrogens is 2. The molecule has 0 aliphatic heterocycles. The third-order valence-corrected chi connectivity index (χ3v) is 4.68. The zero-order valence-electron chi connectivity index (χ0n) is 15.6. The number of halogens is 1. The number of ether oxygens (including phenoxy) is 2. The van der Waals surface area contributed by atoms with Gasteiger partial charge in [-0.1, -0.05) is 17.7 Å². The van der Waals surface area contributed by atoms with E-state index in [9.17, 15) is 0 Å². The molecule has 1 aromatic heterocycles. The Kier molecular flexibility index (Phi) is 5.37. The number of aryl methyl sites for hydroxylation is 3. The molecule has 27 heavy (non-hydrogen) atoms. The Morgan fingerprint density at radius 1 is 1.04 bits per heavy atom. The van der Waals surface area contributed by atoms with E-state index in [0.717, 1.165) is 22.4 Å². The Morgan fingerprint density at radius 3 is 2.41 bits per heavy atom. The second-order valence-corrected chi connectivity index (χ2v) is 6.62. The third kappa shape index (κ3) is 4.06. The molecule has 0 saturated heterocycles. The molecule has 7 heteroatoms. The lowest BCUT2D eigenvalue weighted by Crippen LogP contribution is -2.04. The Balaban J connectivity index is 1.92. The fourth-order valence-corrected chi connectivity index (χ4v) is 2.79. The number of nitrogens with one attached hydrogen (secondary N) is 1. The number of rotatable bonds is 5. The number of hydrogen-bond donors (Lipinski definition) is 2. The van der Waals surface area contributed by atoms with E-state index in [-0.39, 0.29) is 5.88 Å². The fourth-order valence-electron chi connectivity index (χ4n) is 2.68. The van der Waals surface area contributed by atoms with Crippen LogP contribution < -0.4 is 20.5 Å². The Bertz CT molecular complexity index is 969. The van der Waals surface area contributed by atoms with Crippen LogP contribution in [0.1, 0.15) is 16.7 Å². The smallest absolute Gasteiger partial charge is 0.248 e. The summed E-state index contributed by atoms with van der Waals surface area (Å²) in [6, 6.07) is 9.48. The monoisotopic (exact) mass is 384 g/mol. The van der Waals surface area contributed by atoms with Crippen LogP contribution in [0.25, 0.3) is 0 Å². The van der Waals surface area contributed by atoms with Gasteiger partial charge in [0.2, 0.25) is 5.88 Å². The Labute approximate surface area is 163 Å². The predicted octanol–water partition coefficient (Wildman–Crippen LogP) is 5.18. The van der Waals surface area contributed by atoms with E-state index in [1.807, 2.05) is 51.1 Å². The average molecular weight is 385 g/mol. The van der Waals surface area contributed by atoms with E-state index in [2.05, 4.69) is 15.3 Å². The van der Waals surface area contributed by atoms with Gasteiger partial charge >= 0.3 is 0 Å². The molecule has 2 aromatic carbocycles. The van der Waals surface area contributed by atoms with Gasteiger partial charge in [-0.2, -0.15) is 4.98 Å². The summed E-state index contributed by atoms with van der Waals surface area (Å²) in [5.41, 5.74) is 10.2. The Hall–Kier alpha value is -2.99. The van der Waals surface area contributed by atoms with Crippen molar-refractivity contribution >= 4 is 28.8 Å². The molecule has 0 spiro atoms. The largest absolute Gasteiger partial charge is 0.495 e. The summed E-state index contributed by atoms with van der Waals surface area (Å²) in [6.07, 6.45) is 1.39. The first-order chi connectivity index (χ1) is 12.9. The van der Waals surface area contributed by atoms with E-state index in [1.165, 1.54) is 6.33 Å². The number of methoxy groups -OCH3 is 1. The number of nitrogens with two attached hydrogens (primary N) is 1. The fraction of sp³-hybridized carbons (Fsp3) is 0.200. The van der Waals surface area contributed by atoms with Crippen LogP contribution in [-0.4, -0.2) is 17.1 Å². The van der Waals surface area contributed by atoms with Crippen molar-refractivity contribution in [2.45, 2.75) is 20.8 Å². The first-order valence-electron chi connectivity index (χ1n) is 8.35. The van der Waals surface area contributed by atoms with Gasteiger partial charge in [-0.15, -0.1) is 0 Å². The molecule has 0 amide bonds. The second kappa shape index (κ2) is 7.72. The molecule has 3 aromatic rings. The van der Waals surface area contributed by atoms with Crippen LogP contribution in [0, 0.1) is 20.8 Å². The van der Waals surface area contributed by atoms with E-state index in [1.54, 1.807) is 7.11 Å². The Morgan fingerprint density at radius 2 is 1.74 bits per heavy atom. The van der Waals surface area contributed by atoms with Crippen molar-refractivity contribution in [3.63, 3.8) is 0 Å². The molecule has 0 saturated carbocycles. The van der Waals surface area contributed by atoms with E-state index >= 15 is 0 Å². The lowest BCUT2D eigenvalue weighted by molar-refractivity contribution is 0.416. The number of nitrogen functional groups attached to an aromatic ring is 1. The molecule has 1 heterocycles. The van der Waals surface area contributed by atoms with Gasteiger partial charge in [-0.25, -0.2) is 4.98 Å². The maximum absolute atomic E-state index is 6.24. The highest BCUT2D eigenvalue weighted by molar-refractivity contribution is 6.32. The molecular weight excluding hydrogens is 364 g/mol. The highest BCUT2D eigenvalue weighted by Gasteiger charge is 2.14. The lowest BCUT2D eigenvalue weighted by Gasteiger charge is -2.15. The number of hydrogen-bond acceptors (Lipinski definition) is 6. The van der Waals surface area contributed by atoms with Gasteiger partial charge in [0.25, 0.3) is 0 Å². The van der Waals surface area contributed by atoms with Crippen molar-refractivity contribution in [2.75, 3.05) is 18.2 Å². The van der Waals surface area contributed by atoms with Crippen LogP contribution in [0.2, 0.25) is 5.02 Å². The third-order valence-electron chi connectivity index (χ3n) is 4.08. The molecule has 0 fully saturated rings. The van der Waals surface area contributed by atoms with Gasteiger partial charge in [0.05, 0.1) is 12.8 Å². The van der Waals surface area contributed by atoms with Gasteiger partial charge < -0.3 is 20.5 Å². The summed E-state index contributed by atoms with van der Waals surface area (Å²) >= 11 is 6.21. The zero-order valence-corrected chi connectivity index (χ0v) is 16.4.